The van der Waals surface area contributed by atoms with Crippen molar-refractivity contribution in [3.63, 3.8) is 0 Å². The highest BCUT2D eigenvalue weighted by Gasteiger charge is 2.26. The number of hydrogen-bond donors (Lipinski definition) is 1. The van der Waals surface area contributed by atoms with Gasteiger partial charge in [-0.05, 0) is 43.6 Å². The molecule has 4 heterocycles. The lowest BCUT2D eigenvalue weighted by atomic mass is 10.0. The van der Waals surface area contributed by atoms with E-state index in [1.54, 1.807) is 0 Å². The number of nitrogens with one attached hydrogen (secondary N) is 1. The number of nitrogens with zero attached hydrogens (tertiary/aromatic N) is 2. The van der Waals surface area contributed by atoms with E-state index < -0.39 is 0 Å². The molecule has 24 heavy (non-hydrogen) atoms. The second kappa shape index (κ2) is 7.95. The van der Waals surface area contributed by atoms with Crippen LogP contribution >= 0.6 is 0 Å². The molecule has 1 atom stereocenters. The van der Waals surface area contributed by atoms with E-state index in [2.05, 4.69) is 16.2 Å². The SMILES string of the molecule is c1c2c(nn1CC1CCOCC1)[C@H](CNC1CCOCC1)OCC2. The van der Waals surface area contributed by atoms with Gasteiger partial charge in [-0.25, -0.2) is 0 Å². The van der Waals surface area contributed by atoms with Gasteiger partial charge in [0, 0.05) is 51.8 Å². The van der Waals surface area contributed by atoms with Crippen molar-refractivity contribution < 1.29 is 14.2 Å². The van der Waals surface area contributed by atoms with Crippen molar-refractivity contribution >= 4 is 0 Å². The number of hydrogen-bond acceptors (Lipinski definition) is 5. The number of aromatic nitrogens is 2. The minimum Gasteiger partial charge on any atom is -0.381 e. The van der Waals surface area contributed by atoms with Crippen LogP contribution in [0.1, 0.15) is 43.0 Å². The van der Waals surface area contributed by atoms with Gasteiger partial charge < -0.3 is 19.5 Å². The Morgan fingerprint density at radius 2 is 1.79 bits per heavy atom. The van der Waals surface area contributed by atoms with Crippen molar-refractivity contribution in [2.75, 3.05) is 39.6 Å². The second-order valence-electron chi connectivity index (χ2n) is 7.22. The Morgan fingerprint density at radius 1 is 1.04 bits per heavy atom. The average Bonchev–Trinajstić information content (AvgIpc) is 3.04. The van der Waals surface area contributed by atoms with Crippen LogP contribution in [0.15, 0.2) is 6.20 Å². The van der Waals surface area contributed by atoms with Gasteiger partial charge in [-0.2, -0.15) is 5.10 Å². The molecular weight excluding hydrogens is 306 g/mol. The summed E-state index contributed by atoms with van der Waals surface area (Å²) in [4.78, 5) is 0. The van der Waals surface area contributed by atoms with Gasteiger partial charge in [0.1, 0.15) is 6.10 Å². The quantitative estimate of drug-likeness (QED) is 0.887. The molecule has 0 radical (unpaired) electrons. The molecule has 6 nitrogen and oxygen atoms in total. The lowest BCUT2D eigenvalue weighted by Gasteiger charge is -2.27. The summed E-state index contributed by atoms with van der Waals surface area (Å²) in [6.45, 7) is 6.19. The molecule has 1 N–H and O–H groups in total. The van der Waals surface area contributed by atoms with Crippen LogP contribution in [-0.2, 0) is 27.2 Å². The Kier molecular flexibility index (Phi) is 5.47. The van der Waals surface area contributed by atoms with Crippen molar-refractivity contribution in [3.05, 3.63) is 17.5 Å². The van der Waals surface area contributed by atoms with E-state index in [4.69, 9.17) is 19.3 Å². The first kappa shape index (κ1) is 16.5. The predicted molar refractivity (Wildman–Crippen MR) is 90.0 cm³/mol. The smallest absolute Gasteiger partial charge is 0.114 e. The summed E-state index contributed by atoms with van der Waals surface area (Å²) in [5.74, 6) is 0.694. The van der Waals surface area contributed by atoms with Gasteiger partial charge in [0.25, 0.3) is 0 Å². The lowest BCUT2D eigenvalue weighted by Crippen LogP contribution is -2.38. The molecule has 4 rings (SSSR count). The van der Waals surface area contributed by atoms with Crippen LogP contribution in [0.5, 0.6) is 0 Å². The minimum atomic E-state index is 0.0903. The van der Waals surface area contributed by atoms with Gasteiger partial charge in [-0.3, -0.25) is 4.68 Å². The summed E-state index contributed by atoms with van der Waals surface area (Å²) in [5, 5.41) is 8.53. The predicted octanol–water partition coefficient (Wildman–Crippen LogP) is 1.69. The number of ether oxygens (including phenoxy) is 3. The van der Waals surface area contributed by atoms with Gasteiger partial charge in [-0.1, -0.05) is 0 Å². The van der Waals surface area contributed by atoms with Crippen molar-refractivity contribution in [2.45, 2.75) is 50.8 Å². The van der Waals surface area contributed by atoms with E-state index in [-0.39, 0.29) is 6.10 Å². The summed E-state index contributed by atoms with van der Waals surface area (Å²) in [6.07, 6.45) is 7.81. The normalized spacial score (nSPS) is 26.4. The molecule has 0 aromatic carbocycles. The Balaban J connectivity index is 1.36. The Bertz CT molecular complexity index is 522. The van der Waals surface area contributed by atoms with E-state index in [1.165, 1.54) is 5.56 Å². The average molecular weight is 335 g/mol. The third-order valence-corrected chi connectivity index (χ3v) is 5.46. The van der Waals surface area contributed by atoms with Crippen LogP contribution < -0.4 is 5.32 Å². The van der Waals surface area contributed by atoms with Crippen LogP contribution in [0.4, 0.5) is 0 Å². The molecule has 2 fully saturated rings. The highest BCUT2D eigenvalue weighted by Crippen LogP contribution is 2.26. The van der Waals surface area contributed by atoms with E-state index in [9.17, 15) is 0 Å². The van der Waals surface area contributed by atoms with Crippen LogP contribution in [0.25, 0.3) is 0 Å². The zero-order chi connectivity index (χ0) is 16.2. The molecule has 0 unspecified atom stereocenters. The largest absolute Gasteiger partial charge is 0.381 e. The van der Waals surface area contributed by atoms with Crippen LogP contribution in [0.2, 0.25) is 0 Å². The molecule has 6 heteroatoms. The van der Waals surface area contributed by atoms with Crippen molar-refractivity contribution in [2.24, 2.45) is 5.92 Å². The van der Waals surface area contributed by atoms with E-state index in [1.807, 2.05) is 0 Å². The van der Waals surface area contributed by atoms with E-state index >= 15 is 0 Å². The second-order valence-corrected chi connectivity index (χ2v) is 7.22. The Morgan fingerprint density at radius 3 is 2.58 bits per heavy atom. The molecule has 3 aliphatic rings. The maximum atomic E-state index is 6.01. The highest BCUT2D eigenvalue weighted by atomic mass is 16.5. The highest BCUT2D eigenvalue weighted by molar-refractivity contribution is 5.22. The summed E-state index contributed by atoms with van der Waals surface area (Å²) < 4.78 is 19.0. The van der Waals surface area contributed by atoms with E-state index in [0.29, 0.717) is 12.0 Å². The standard InChI is InChI=1S/C18H29N3O3/c1-6-22-7-2-14(1)12-21-13-15-3-10-24-17(18(15)20-21)11-19-16-4-8-23-9-5-16/h13-14,16-17,19H,1-12H2/t17-/m0/s1. The Hall–Kier alpha value is -0.950. The molecule has 0 bridgehead atoms. The molecular formula is C18H29N3O3. The first-order valence-electron chi connectivity index (χ1n) is 9.45. The van der Waals surface area contributed by atoms with Crippen LogP contribution in [0, 0.1) is 5.92 Å². The fraction of sp³-hybridized carbons (Fsp3) is 0.833. The third kappa shape index (κ3) is 3.99. The summed E-state index contributed by atoms with van der Waals surface area (Å²) in [7, 11) is 0. The molecule has 0 saturated carbocycles. The van der Waals surface area contributed by atoms with Crippen molar-refractivity contribution in [1.82, 2.24) is 15.1 Å². The first-order valence-corrected chi connectivity index (χ1v) is 9.45. The van der Waals surface area contributed by atoms with Gasteiger partial charge in [0.05, 0.1) is 12.3 Å². The fourth-order valence-corrected chi connectivity index (χ4v) is 3.95. The van der Waals surface area contributed by atoms with Crippen LogP contribution in [0.3, 0.4) is 0 Å². The van der Waals surface area contributed by atoms with Gasteiger partial charge >= 0.3 is 0 Å². The molecule has 134 valence electrons. The fourth-order valence-electron chi connectivity index (χ4n) is 3.95. The minimum absolute atomic E-state index is 0.0903. The zero-order valence-corrected chi connectivity index (χ0v) is 14.4. The molecule has 1 aromatic heterocycles. The summed E-state index contributed by atoms with van der Waals surface area (Å²) >= 11 is 0. The monoisotopic (exact) mass is 335 g/mol. The molecule has 0 amide bonds. The maximum absolute atomic E-state index is 6.01. The van der Waals surface area contributed by atoms with Crippen molar-refractivity contribution in [3.8, 4) is 0 Å². The Labute approximate surface area is 143 Å². The first-order chi connectivity index (χ1) is 11.9. The molecule has 0 aliphatic carbocycles. The van der Waals surface area contributed by atoms with Gasteiger partial charge in [0.15, 0.2) is 0 Å². The molecule has 2 saturated heterocycles. The molecule has 0 spiro atoms. The van der Waals surface area contributed by atoms with Gasteiger partial charge in [-0.15, -0.1) is 0 Å². The lowest BCUT2D eigenvalue weighted by molar-refractivity contribution is 0.0295. The number of fused-ring (bicyclic) bond motifs is 1. The van der Waals surface area contributed by atoms with E-state index in [0.717, 1.165) is 83.9 Å². The maximum Gasteiger partial charge on any atom is 0.114 e. The zero-order valence-electron chi connectivity index (χ0n) is 14.4. The van der Waals surface area contributed by atoms with Crippen LogP contribution in [-0.4, -0.2) is 55.4 Å². The van der Waals surface area contributed by atoms with Gasteiger partial charge in [0.2, 0.25) is 0 Å². The molecule has 3 aliphatic heterocycles. The summed E-state index contributed by atoms with van der Waals surface area (Å²) in [6, 6.07) is 0.553. The molecule has 1 aromatic rings. The third-order valence-electron chi connectivity index (χ3n) is 5.46. The van der Waals surface area contributed by atoms with Crippen molar-refractivity contribution in [1.29, 1.82) is 0 Å². The topological polar surface area (TPSA) is 57.5 Å². The summed E-state index contributed by atoms with van der Waals surface area (Å²) in [5.41, 5.74) is 2.51. The number of rotatable bonds is 5.